The smallest absolute Gasteiger partial charge is 0.268 e. The van der Waals surface area contributed by atoms with E-state index in [4.69, 9.17) is 14.2 Å². The maximum absolute atomic E-state index is 14.9. The number of aliphatic hydroxyl groups is 1. The number of hydrogen-bond acceptors (Lipinski definition) is 6. The minimum atomic E-state index is -2.41. The van der Waals surface area contributed by atoms with Gasteiger partial charge < -0.3 is 24.2 Å². The number of rotatable bonds is 8. The van der Waals surface area contributed by atoms with Crippen LogP contribution in [0, 0.1) is 5.92 Å². The molecule has 232 valence electrons. The zero-order valence-electron chi connectivity index (χ0n) is 26.2. The molecule has 0 aliphatic carbocycles. The number of likely N-dealkylation sites (tertiary alicyclic amines) is 1. The van der Waals surface area contributed by atoms with Crippen LogP contribution in [0.3, 0.4) is 0 Å². The van der Waals surface area contributed by atoms with Crippen molar-refractivity contribution in [2.24, 2.45) is 5.92 Å². The fourth-order valence-electron chi connectivity index (χ4n) is 8.02. The molecule has 3 heterocycles. The first kappa shape index (κ1) is 30.4. The van der Waals surface area contributed by atoms with Crippen LogP contribution in [0.2, 0.25) is 18.6 Å². The van der Waals surface area contributed by atoms with Gasteiger partial charge in [0.1, 0.15) is 11.5 Å². The van der Waals surface area contributed by atoms with Crippen molar-refractivity contribution in [3.63, 3.8) is 0 Å². The van der Waals surface area contributed by atoms with Crippen LogP contribution in [0.4, 0.5) is 11.4 Å². The zero-order chi connectivity index (χ0) is 31.2. The lowest BCUT2D eigenvalue weighted by Crippen LogP contribution is -2.52. The van der Waals surface area contributed by atoms with E-state index in [0.29, 0.717) is 12.3 Å². The van der Waals surface area contributed by atoms with Gasteiger partial charge in [-0.15, -0.1) is 0 Å². The van der Waals surface area contributed by atoms with Crippen molar-refractivity contribution < 1.29 is 28.9 Å². The second kappa shape index (κ2) is 11.7. The predicted octanol–water partition coefficient (Wildman–Crippen LogP) is 4.97. The quantitative estimate of drug-likeness (QED) is 0.361. The van der Waals surface area contributed by atoms with Gasteiger partial charge in [0.25, 0.3) is 5.91 Å². The minimum absolute atomic E-state index is 0.0310. The summed E-state index contributed by atoms with van der Waals surface area (Å²) >= 11 is 0. The van der Waals surface area contributed by atoms with E-state index in [-0.39, 0.29) is 42.3 Å². The standard InChI is InChI=1S/C35H42N2O6Si/c1-23-33(44(4,5)28-16-13-26(41-2)14-17-28)31(21-32(39)36-19-9-12-25(36)22-38)43-35(23)29-20-27(42-3)15-18-30(29)37(34(35)40)24-10-7-6-8-11-24/h6-8,10-11,13-18,20,23,25,31,33,38H,9,12,19,21-22H2,1-5H3/t23-,25+,31+,33-,35+/m1/s1. The Bertz CT molecular complexity index is 1530. The third kappa shape index (κ3) is 4.73. The van der Waals surface area contributed by atoms with Crippen molar-refractivity contribution in [2.45, 2.75) is 62.6 Å². The van der Waals surface area contributed by atoms with Gasteiger partial charge in [-0.25, -0.2) is 0 Å². The molecule has 9 heteroatoms. The maximum Gasteiger partial charge on any atom is 0.268 e. The van der Waals surface area contributed by atoms with Crippen molar-refractivity contribution in [2.75, 3.05) is 32.3 Å². The first-order valence-electron chi connectivity index (χ1n) is 15.5. The number of anilines is 2. The molecule has 3 aromatic carbocycles. The second-order valence-corrected chi connectivity index (χ2v) is 17.5. The highest BCUT2D eigenvalue weighted by Crippen LogP contribution is 2.61. The summed E-state index contributed by atoms with van der Waals surface area (Å²) in [4.78, 5) is 32.4. The topological polar surface area (TPSA) is 88.5 Å². The molecule has 3 aromatic rings. The van der Waals surface area contributed by atoms with E-state index in [1.165, 1.54) is 5.19 Å². The Labute approximate surface area is 260 Å². The number of hydrogen-bond donors (Lipinski definition) is 1. The summed E-state index contributed by atoms with van der Waals surface area (Å²) in [6.45, 7) is 7.31. The number of aliphatic hydroxyl groups excluding tert-OH is 1. The van der Waals surface area contributed by atoms with Crippen LogP contribution in [0.5, 0.6) is 11.5 Å². The Kier molecular flexibility index (Phi) is 8.07. The van der Waals surface area contributed by atoms with Gasteiger partial charge in [0.2, 0.25) is 5.91 Å². The number of methoxy groups -OCH3 is 2. The molecule has 8 nitrogen and oxygen atoms in total. The summed E-state index contributed by atoms with van der Waals surface area (Å²) < 4.78 is 18.2. The van der Waals surface area contributed by atoms with Gasteiger partial charge in [-0.05, 0) is 60.8 Å². The number of nitrogens with zero attached hydrogens (tertiary/aromatic N) is 2. The van der Waals surface area contributed by atoms with Crippen molar-refractivity contribution >= 4 is 36.4 Å². The van der Waals surface area contributed by atoms with Gasteiger partial charge in [0.05, 0.1) is 53.2 Å². The lowest BCUT2D eigenvalue weighted by Gasteiger charge is -2.37. The Morgan fingerprint density at radius 3 is 2.36 bits per heavy atom. The lowest BCUT2D eigenvalue weighted by molar-refractivity contribution is -0.149. The van der Waals surface area contributed by atoms with E-state index >= 15 is 0 Å². The Balaban J connectivity index is 1.48. The SMILES string of the molecule is COc1ccc([Si](C)(C)[C@H]2[C@H](CC(=O)N3CCC[C@H]3CO)O[C@@]3(C(=O)N(c4ccccc4)c4ccc(OC)cc43)[C@@H]2C)cc1. The molecule has 0 unspecified atom stereocenters. The normalized spacial score (nSPS) is 26.4. The van der Waals surface area contributed by atoms with Crippen molar-refractivity contribution in [3.8, 4) is 11.5 Å². The van der Waals surface area contributed by atoms with Crippen molar-refractivity contribution in [1.82, 2.24) is 4.90 Å². The first-order chi connectivity index (χ1) is 21.2. The van der Waals surface area contributed by atoms with Crippen LogP contribution in [0.1, 0.15) is 31.7 Å². The van der Waals surface area contributed by atoms with Crippen LogP contribution >= 0.6 is 0 Å². The first-order valence-corrected chi connectivity index (χ1v) is 18.6. The van der Waals surface area contributed by atoms with Gasteiger partial charge in [0, 0.05) is 23.7 Å². The number of carbonyl (C=O) groups is 2. The van der Waals surface area contributed by atoms with Gasteiger partial charge in [0.15, 0.2) is 5.60 Å². The molecule has 2 fully saturated rings. The molecule has 3 aliphatic rings. The van der Waals surface area contributed by atoms with E-state index in [1.54, 1.807) is 19.1 Å². The molecular weight excluding hydrogens is 572 g/mol. The van der Waals surface area contributed by atoms with Crippen molar-refractivity contribution in [3.05, 3.63) is 78.4 Å². The van der Waals surface area contributed by atoms with Crippen LogP contribution in [0.15, 0.2) is 72.8 Å². The molecule has 3 aliphatic heterocycles. The summed E-state index contributed by atoms with van der Waals surface area (Å²) in [5.41, 5.74) is 0.930. The summed E-state index contributed by atoms with van der Waals surface area (Å²) in [5.74, 6) is 1.01. The van der Waals surface area contributed by atoms with E-state index < -0.39 is 19.8 Å². The van der Waals surface area contributed by atoms with Gasteiger partial charge in [-0.2, -0.15) is 0 Å². The number of para-hydroxylation sites is 1. The van der Waals surface area contributed by atoms with Gasteiger partial charge in [-0.1, -0.05) is 55.5 Å². The van der Waals surface area contributed by atoms with Crippen molar-refractivity contribution in [1.29, 1.82) is 0 Å². The molecule has 0 aromatic heterocycles. The number of amides is 2. The highest BCUT2D eigenvalue weighted by molar-refractivity contribution is 6.91. The van der Waals surface area contributed by atoms with Crippen LogP contribution in [-0.2, 0) is 19.9 Å². The summed E-state index contributed by atoms with van der Waals surface area (Å²) in [6.07, 6.45) is 1.31. The van der Waals surface area contributed by atoms with Gasteiger partial charge in [-0.3, -0.25) is 14.5 Å². The summed E-state index contributed by atoms with van der Waals surface area (Å²) in [7, 11) is 0.868. The molecule has 1 N–H and O–H groups in total. The Morgan fingerprint density at radius 1 is 1.02 bits per heavy atom. The highest BCUT2D eigenvalue weighted by atomic mass is 28.3. The monoisotopic (exact) mass is 614 g/mol. The number of benzene rings is 3. The largest absolute Gasteiger partial charge is 0.497 e. The second-order valence-electron chi connectivity index (χ2n) is 12.8. The minimum Gasteiger partial charge on any atom is -0.497 e. The molecule has 0 bridgehead atoms. The fraction of sp³-hybridized carbons (Fsp3) is 0.429. The highest BCUT2D eigenvalue weighted by Gasteiger charge is 2.67. The van der Waals surface area contributed by atoms with E-state index in [2.05, 4.69) is 32.2 Å². The maximum atomic E-state index is 14.9. The summed E-state index contributed by atoms with van der Waals surface area (Å²) in [5, 5.41) is 11.2. The van der Waals surface area contributed by atoms with E-state index in [9.17, 15) is 14.7 Å². The summed E-state index contributed by atoms with van der Waals surface area (Å²) in [6, 6.07) is 23.4. The predicted molar refractivity (Wildman–Crippen MR) is 173 cm³/mol. The average molecular weight is 615 g/mol. The van der Waals surface area contributed by atoms with Gasteiger partial charge >= 0.3 is 0 Å². The Morgan fingerprint density at radius 2 is 1.70 bits per heavy atom. The van der Waals surface area contributed by atoms with Crippen LogP contribution in [0.25, 0.3) is 0 Å². The lowest BCUT2D eigenvalue weighted by atomic mass is 9.82. The molecule has 2 amide bonds. The third-order valence-electron chi connectivity index (χ3n) is 10.2. The van der Waals surface area contributed by atoms with E-state index in [1.807, 2.05) is 65.6 Å². The molecule has 2 saturated heterocycles. The molecule has 0 radical (unpaired) electrons. The number of ether oxygens (including phenoxy) is 3. The molecular formula is C35H42N2O6Si. The Hall–Kier alpha value is -3.66. The third-order valence-corrected chi connectivity index (χ3v) is 14.6. The number of carbonyl (C=O) groups excluding carboxylic acids is 2. The molecule has 1 spiro atoms. The van der Waals surface area contributed by atoms with Crippen LogP contribution in [-0.4, -0.2) is 69.4 Å². The fourth-order valence-corrected chi connectivity index (χ4v) is 12.0. The van der Waals surface area contributed by atoms with Crippen LogP contribution < -0.4 is 19.6 Å². The van der Waals surface area contributed by atoms with E-state index in [0.717, 1.165) is 35.5 Å². The molecule has 5 atom stereocenters. The molecule has 44 heavy (non-hydrogen) atoms. The molecule has 0 saturated carbocycles. The molecule has 6 rings (SSSR count). The average Bonchev–Trinajstić information content (AvgIpc) is 3.71. The zero-order valence-corrected chi connectivity index (χ0v) is 27.2. The number of fused-ring (bicyclic) bond motifs is 2.